The molecule has 4 nitrogen and oxygen atoms in total. The average molecular weight is 228 g/mol. The molecule has 82 valence electrons. The molecule has 1 N–H and O–H groups in total. The summed E-state index contributed by atoms with van der Waals surface area (Å²) < 4.78 is 5.71. The van der Waals surface area contributed by atoms with Crippen LogP contribution in [0, 0.1) is 0 Å². The van der Waals surface area contributed by atoms with Gasteiger partial charge in [0.1, 0.15) is 0 Å². The number of nitrogens with one attached hydrogen (secondary N) is 1. The molecule has 1 unspecified atom stereocenters. The van der Waals surface area contributed by atoms with Gasteiger partial charge in [-0.1, -0.05) is 0 Å². The smallest absolute Gasteiger partial charge is 0.222 e. The van der Waals surface area contributed by atoms with Gasteiger partial charge in [0, 0.05) is 12.7 Å². The fourth-order valence-electron chi connectivity index (χ4n) is 1.62. The third-order valence-electron chi connectivity index (χ3n) is 2.40. The van der Waals surface area contributed by atoms with Crippen molar-refractivity contribution in [3.05, 3.63) is 23.2 Å². The maximum atomic E-state index is 5.71. The number of aromatic nitrogens is 2. The van der Waals surface area contributed by atoms with Gasteiger partial charge in [-0.3, -0.25) is 0 Å². The van der Waals surface area contributed by atoms with E-state index < -0.39 is 0 Å². The standard InChI is InChI=1S/C10H14ClN3O/c11-10-13-5-3-8(14-10)7-15-9-2-1-4-12-6-9/h3,5,9,12H,1-2,4,6-7H2. The molecule has 0 amide bonds. The number of ether oxygens (including phenoxy) is 1. The van der Waals surface area contributed by atoms with Crippen LogP contribution in [0.15, 0.2) is 12.3 Å². The normalized spacial score (nSPS) is 21.5. The second-order valence-corrected chi connectivity index (χ2v) is 3.93. The van der Waals surface area contributed by atoms with Crippen LogP contribution in [0.5, 0.6) is 0 Å². The van der Waals surface area contributed by atoms with Crippen molar-refractivity contribution in [3.63, 3.8) is 0 Å². The van der Waals surface area contributed by atoms with Gasteiger partial charge in [-0.2, -0.15) is 0 Å². The van der Waals surface area contributed by atoms with Crippen LogP contribution in [0.1, 0.15) is 18.5 Å². The lowest BCUT2D eigenvalue weighted by molar-refractivity contribution is 0.0236. The Morgan fingerprint density at radius 3 is 3.27 bits per heavy atom. The van der Waals surface area contributed by atoms with Crippen LogP contribution in [0.3, 0.4) is 0 Å². The van der Waals surface area contributed by atoms with Gasteiger partial charge in [0.15, 0.2) is 0 Å². The summed E-state index contributed by atoms with van der Waals surface area (Å²) in [6, 6.07) is 1.82. The second kappa shape index (κ2) is 5.39. The van der Waals surface area contributed by atoms with Crippen molar-refractivity contribution in [2.75, 3.05) is 13.1 Å². The molecule has 5 heteroatoms. The summed E-state index contributed by atoms with van der Waals surface area (Å²) in [5, 5.41) is 3.57. The highest BCUT2D eigenvalue weighted by Gasteiger charge is 2.13. The van der Waals surface area contributed by atoms with Crippen LogP contribution in [0.2, 0.25) is 5.28 Å². The quantitative estimate of drug-likeness (QED) is 0.793. The molecule has 1 saturated heterocycles. The summed E-state index contributed by atoms with van der Waals surface area (Å²) >= 11 is 5.68. The van der Waals surface area contributed by atoms with Gasteiger partial charge < -0.3 is 10.1 Å². The van der Waals surface area contributed by atoms with Crippen LogP contribution in [-0.4, -0.2) is 29.2 Å². The summed E-state index contributed by atoms with van der Waals surface area (Å²) in [5.41, 5.74) is 0.834. The molecule has 0 saturated carbocycles. The van der Waals surface area contributed by atoms with E-state index in [-0.39, 0.29) is 5.28 Å². The van der Waals surface area contributed by atoms with E-state index in [1.165, 1.54) is 6.42 Å². The zero-order chi connectivity index (χ0) is 10.5. The SMILES string of the molecule is Clc1nccc(COC2CCCNC2)n1. The molecule has 1 aliphatic heterocycles. The highest BCUT2D eigenvalue weighted by atomic mass is 35.5. The molecule has 0 bridgehead atoms. The Morgan fingerprint density at radius 2 is 2.53 bits per heavy atom. The molecule has 1 atom stereocenters. The van der Waals surface area contributed by atoms with Crippen molar-refractivity contribution in [2.24, 2.45) is 0 Å². The molecule has 1 aliphatic rings. The minimum Gasteiger partial charge on any atom is -0.371 e. The van der Waals surface area contributed by atoms with Gasteiger partial charge in [0.2, 0.25) is 5.28 Å². The number of nitrogens with zero attached hydrogens (tertiary/aromatic N) is 2. The summed E-state index contributed by atoms with van der Waals surface area (Å²) in [5.74, 6) is 0. The third kappa shape index (κ3) is 3.41. The molecule has 0 aromatic carbocycles. The van der Waals surface area contributed by atoms with Gasteiger partial charge in [0.25, 0.3) is 0 Å². The molecule has 15 heavy (non-hydrogen) atoms. The lowest BCUT2D eigenvalue weighted by Crippen LogP contribution is -2.35. The minimum atomic E-state index is 0.276. The van der Waals surface area contributed by atoms with E-state index >= 15 is 0 Å². The van der Waals surface area contributed by atoms with E-state index in [4.69, 9.17) is 16.3 Å². The number of halogens is 1. The summed E-state index contributed by atoms with van der Waals surface area (Å²) in [7, 11) is 0. The topological polar surface area (TPSA) is 47.0 Å². The Labute approximate surface area is 94.0 Å². The number of hydrogen-bond acceptors (Lipinski definition) is 4. The van der Waals surface area contributed by atoms with Crippen molar-refractivity contribution in [1.82, 2.24) is 15.3 Å². The van der Waals surface area contributed by atoms with E-state index in [1.807, 2.05) is 6.07 Å². The summed E-state index contributed by atoms with van der Waals surface area (Å²) in [6.07, 6.45) is 4.24. The maximum Gasteiger partial charge on any atom is 0.222 e. The molecule has 0 radical (unpaired) electrons. The lowest BCUT2D eigenvalue weighted by Gasteiger charge is -2.22. The van der Waals surface area contributed by atoms with Gasteiger partial charge in [-0.25, -0.2) is 9.97 Å². The molecule has 2 heterocycles. The Balaban J connectivity index is 1.81. The summed E-state index contributed by atoms with van der Waals surface area (Å²) in [4.78, 5) is 7.89. The Hall–Kier alpha value is -0.710. The van der Waals surface area contributed by atoms with E-state index in [0.717, 1.165) is 25.2 Å². The molecule has 0 aliphatic carbocycles. The highest BCUT2D eigenvalue weighted by Crippen LogP contribution is 2.09. The second-order valence-electron chi connectivity index (χ2n) is 3.60. The monoisotopic (exact) mass is 227 g/mol. The van der Waals surface area contributed by atoms with Gasteiger partial charge in [0.05, 0.1) is 18.4 Å². The molecule has 2 rings (SSSR count). The first kappa shape index (κ1) is 10.8. The predicted octanol–water partition coefficient (Wildman–Crippen LogP) is 1.40. The van der Waals surface area contributed by atoms with Crippen LogP contribution in [0.4, 0.5) is 0 Å². The van der Waals surface area contributed by atoms with E-state index in [9.17, 15) is 0 Å². The first-order valence-corrected chi connectivity index (χ1v) is 5.52. The molecule has 1 aromatic heterocycles. The van der Waals surface area contributed by atoms with Crippen molar-refractivity contribution in [1.29, 1.82) is 0 Å². The largest absolute Gasteiger partial charge is 0.371 e. The predicted molar refractivity (Wildman–Crippen MR) is 57.7 cm³/mol. The number of hydrogen-bond donors (Lipinski definition) is 1. The Bertz CT molecular complexity index is 315. The molecular formula is C10H14ClN3O. The molecule has 1 aromatic rings. The van der Waals surface area contributed by atoms with Crippen LogP contribution < -0.4 is 5.32 Å². The number of rotatable bonds is 3. The first-order chi connectivity index (χ1) is 7.34. The van der Waals surface area contributed by atoms with Gasteiger partial charge in [-0.05, 0) is 37.1 Å². The molecule has 1 fully saturated rings. The van der Waals surface area contributed by atoms with E-state index in [2.05, 4.69) is 15.3 Å². The van der Waals surface area contributed by atoms with Crippen molar-refractivity contribution in [3.8, 4) is 0 Å². The minimum absolute atomic E-state index is 0.276. The van der Waals surface area contributed by atoms with Crippen molar-refractivity contribution >= 4 is 11.6 Å². The third-order valence-corrected chi connectivity index (χ3v) is 2.58. The van der Waals surface area contributed by atoms with E-state index in [1.54, 1.807) is 6.20 Å². The van der Waals surface area contributed by atoms with Crippen LogP contribution in [-0.2, 0) is 11.3 Å². The Kier molecular flexibility index (Phi) is 3.88. The zero-order valence-electron chi connectivity index (χ0n) is 8.45. The van der Waals surface area contributed by atoms with Gasteiger partial charge in [-0.15, -0.1) is 0 Å². The highest BCUT2D eigenvalue weighted by molar-refractivity contribution is 6.28. The fraction of sp³-hybridized carbons (Fsp3) is 0.600. The zero-order valence-corrected chi connectivity index (χ0v) is 9.20. The van der Waals surface area contributed by atoms with Crippen LogP contribution >= 0.6 is 11.6 Å². The van der Waals surface area contributed by atoms with Crippen LogP contribution in [0.25, 0.3) is 0 Å². The average Bonchev–Trinajstić information content (AvgIpc) is 2.28. The fourth-order valence-corrected chi connectivity index (χ4v) is 1.78. The Morgan fingerprint density at radius 1 is 1.60 bits per heavy atom. The van der Waals surface area contributed by atoms with Crippen molar-refractivity contribution < 1.29 is 4.74 Å². The lowest BCUT2D eigenvalue weighted by atomic mass is 10.1. The summed E-state index contributed by atoms with van der Waals surface area (Å²) in [6.45, 7) is 2.53. The van der Waals surface area contributed by atoms with Crippen molar-refractivity contribution in [2.45, 2.75) is 25.6 Å². The maximum absolute atomic E-state index is 5.71. The number of piperidine rings is 1. The molecular weight excluding hydrogens is 214 g/mol. The van der Waals surface area contributed by atoms with Gasteiger partial charge >= 0.3 is 0 Å². The first-order valence-electron chi connectivity index (χ1n) is 5.14. The molecule has 0 spiro atoms. The van der Waals surface area contributed by atoms with E-state index in [0.29, 0.717) is 12.7 Å².